The monoisotopic (exact) mass is 1590 g/mol. The van der Waals surface area contributed by atoms with E-state index in [1.807, 2.05) is 0 Å². The second kappa shape index (κ2) is 32.8. The topological polar surface area (TPSA) is 13.0 Å². The molecule has 0 radical (unpaired) electrons. The molecule has 124 heavy (non-hydrogen) atoms. The first-order valence-electron chi connectivity index (χ1n) is 43.1. The number of anilines is 12. The summed E-state index contributed by atoms with van der Waals surface area (Å²) in [5.74, 6) is 0.372. The molecule has 19 aromatic rings. The predicted molar refractivity (Wildman–Crippen MR) is 526 cm³/mol. The fraction of sp³-hybridized carbons (Fsp3) is 0.0500. The lowest BCUT2D eigenvalue weighted by Crippen LogP contribution is -2.18. The molecular formula is C120H90N4. The molecule has 2 aliphatic carbocycles. The summed E-state index contributed by atoms with van der Waals surface area (Å²) in [6, 6.07) is 169. The highest BCUT2D eigenvalue weighted by Crippen LogP contribution is 2.55. The van der Waals surface area contributed by atoms with Crippen LogP contribution in [0.15, 0.2) is 467 Å². The first kappa shape index (κ1) is 75.8. The minimum atomic E-state index is -0.329. The molecule has 0 spiro atoms. The largest absolute Gasteiger partial charge is 0.311 e. The van der Waals surface area contributed by atoms with Crippen LogP contribution in [0.2, 0.25) is 0 Å². The Morgan fingerprint density at radius 3 is 0.839 bits per heavy atom. The molecule has 0 saturated carbocycles. The lowest BCUT2D eigenvalue weighted by Gasteiger charge is -2.32. The molecule has 0 N–H and O–H groups in total. The summed E-state index contributed by atoms with van der Waals surface area (Å²) in [5.41, 5.74) is 39.5. The molecule has 0 aliphatic heterocycles. The van der Waals surface area contributed by atoms with Crippen molar-refractivity contribution in [2.45, 2.75) is 38.5 Å². The van der Waals surface area contributed by atoms with E-state index in [0.29, 0.717) is 5.92 Å². The van der Waals surface area contributed by atoms with Crippen molar-refractivity contribution in [3.63, 3.8) is 0 Å². The van der Waals surface area contributed by atoms with Gasteiger partial charge in [0, 0.05) is 67.7 Å². The molecule has 1 unspecified atom stereocenters. The van der Waals surface area contributed by atoms with Crippen LogP contribution in [0, 0.1) is 0 Å². The number of benzene rings is 19. The number of hydrogen-bond acceptors (Lipinski definition) is 4. The van der Waals surface area contributed by atoms with Crippen molar-refractivity contribution >= 4 is 85.1 Å². The third-order valence-corrected chi connectivity index (χ3v) is 25.3. The fourth-order valence-electron chi connectivity index (χ4n) is 18.8. The first-order chi connectivity index (χ1) is 61.1. The van der Waals surface area contributed by atoms with E-state index in [4.69, 9.17) is 0 Å². The van der Waals surface area contributed by atoms with E-state index in [9.17, 15) is 0 Å². The predicted octanol–water partition coefficient (Wildman–Crippen LogP) is 33.9. The highest BCUT2D eigenvalue weighted by Gasteiger charge is 2.38. The van der Waals surface area contributed by atoms with Crippen LogP contribution >= 0.6 is 0 Å². The zero-order valence-corrected chi connectivity index (χ0v) is 69.6. The van der Waals surface area contributed by atoms with Crippen LogP contribution < -0.4 is 19.6 Å². The number of allylic oxidation sites excluding steroid dienone is 1. The minimum Gasteiger partial charge on any atom is -0.311 e. The van der Waals surface area contributed by atoms with E-state index in [-0.39, 0.29) is 5.41 Å². The molecule has 19 aromatic carbocycles. The molecule has 0 bridgehead atoms. The van der Waals surface area contributed by atoms with Gasteiger partial charge in [-0.05, 0) is 286 Å². The molecule has 0 fully saturated rings. The summed E-state index contributed by atoms with van der Waals surface area (Å²) < 4.78 is 0. The van der Waals surface area contributed by atoms with Crippen molar-refractivity contribution < 1.29 is 0 Å². The Morgan fingerprint density at radius 2 is 0.476 bits per heavy atom. The van der Waals surface area contributed by atoms with Gasteiger partial charge in [0.1, 0.15) is 0 Å². The zero-order valence-electron chi connectivity index (χ0n) is 69.6. The van der Waals surface area contributed by atoms with Crippen molar-refractivity contribution in [1.29, 1.82) is 0 Å². The lowest BCUT2D eigenvalue weighted by molar-refractivity contribution is 0.660. The molecular weight excluding hydrogens is 1500 g/mol. The number of rotatable bonds is 20. The van der Waals surface area contributed by atoms with Crippen LogP contribution in [-0.4, -0.2) is 0 Å². The van der Waals surface area contributed by atoms with E-state index in [1.165, 1.54) is 94.3 Å². The minimum absolute atomic E-state index is 0.329. The van der Waals surface area contributed by atoms with Crippen LogP contribution in [-0.2, 0) is 5.41 Å². The Morgan fingerprint density at radius 1 is 0.218 bits per heavy atom. The molecule has 0 heterocycles. The average Bonchev–Trinajstić information content (AvgIpc) is 1.56. The normalized spacial score (nSPS) is 12.9. The van der Waals surface area contributed by atoms with Crippen molar-refractivity contribution in [3.8, 4) is 100 Å². The maximum Gasteiger partial charge on any atom is 0.0540 e. The summed E-state index contributed by atoms with van der Waals surface area (Å²) in [7, 11) is 0. The van der Waals surface area contributed by atoms with E-state index in [1.54, 1.807) is 0 Å². The summed E-state index contributed by atoms with van der Waals surface area (Å²) >= 11 is 0. The number of fused-ring (bicyclic) bond motifs is 5. The molecule has 0 saturated heterocycles. The molecule has 0 aromatic heterocycles. The molecule has 4 heteroatoms. The average molecular weight is 1590 g/mol. The first-order valence-corrected chi connectivity index (χ1v) is 43.1. The highest BCUT2D eigenvalue weighted by atomic mass is 15.2. The maximum atomic E-state index is 2.50. The molecule has 0 amide bonds. The third-order valence-electron chi connectivity index (χ3n) is 25.3. The van der Waals surface area contributed by atoms with Gasteiger partial charge in [0.25, 0.3) is 0 Å². The maximum absolute atomic E-state index is 2.50. The summed E-state index contributed by atoms with van der Waals surface area (Å²) in [4.78, 5) is 9.68. The van der Waals surface area contributed by atoms with Gasteiger partial charge in [-0.3, -0.25) is 0 Å². The van der Waals surface area contributed by atoms with Crippen LogP contribution in [0.5, 0.6) is 0 Å². The fourth-order valence-corrected chi connectivity index (χ4v) is 18.8. The van der Waals surface area contributed by atoms with Gasteiger partial charge in [0.2, 0.25) is 0 Å². The third kappa shape index (κ3) is 14.7. The Balaban J connectivity index is 0.556. The van der Waals surface area contributed by atoms with E-state index < -0.39 is 0 Å². The standard InChI is InChI=1S/C120H90N4/c1-83-23-18-34-97-35-22-42-118(119(83)97)124(109-71-53-91(54-72-109)87-30-14-7-15-31-87)111-76-78-114-113-77-75-110(81-115(113)120(2,3)116(114)82-111)123(117-41-21-33-96-32-16-17-40-112(96)117)108-73-57-95(58-74-108)99-37-20-39-101(80-99)100-38-19-36-98(79-100)94-55-69-107(70-56-94)122(104-63-47-90(48-64-104)86-28-12-6-13-29-86)106-67-51-93(52-68-106)92-49-65-105(66-50-92)121(102-59-43-88(44-60-102)84-24-8-4-9-25-84)103-61-45-89(46-62-103)85-26-10-5-11-27-85/h4-22,24-83H,23H2,1-3H3. The van der Waals surface area contributed by atoms with Crippen molar-refractivity contribution in [3.05, 3.63) is 489 Å². The van der Waals surface area contributed by atoms with Crippen LogP contribution in [0.25, 0.3) is 117 Å². The lowest BCUT2D eigenvalue weighted by atomic mass is 9.82. The number of hydrogen-bond donors (Lipinski definition) is 0. The van der Waals surface area contributed by atoms with Gasteiger partial charge in [-0.25, -0.2) is 0 Å². The van der Waals surface area contributed by atoms with Gasteiger partial charge in [-0.1, -0.05) is 348 Å². The summed E-state index contributed by atoms with van der Waals surface area (Å²) in [6.07, 6.45) is 5.64. The summed E-state index contributed by atoms with van der Waals surface area (Å²) in [6.45, 7) is 7.20. The van der Waals surface area contributed by atoms with E-state index >= 15 is 0 Å². The second-order valence-electron chi connectivity index (χ2n) is 33.2. The highest BCUT2D eigenvalue weighted by molar-refractivity contribution is 6.00. The Hall–Kier alpha value is -15.6. The van der Waals surface area contributed by atoms with Crippen LogP contribution in [0.4, 0.5) is 68.2 Å². The molecule has 2 aliphatic rings. The van der Waals surface area contributed by atoms with Crippen molar-refractivity contribution in [2.75, 3.05) is 19.6 Å². The quantitative estimate of drug-likeness (QED) is 0.0754. The number of nitrogens with zero attached hydrogens (tertiary/aromatic N) is 4. The van der Waals surface area contributed by atoms with E-state index in [0.717, 1.165) is 113 Å². The molecule has 590 valence electrons. The zero-order chi connectivity index (χ0) is 83.0. The van der Waals surface area contributed by atoms with Crippen molar-refractivity contribution in [2.24, 2.45) is 0 Å². The van der Waals surface area contributed by atoms with Gasteiger partial charge in [0.05, 0.1) is 11.4 Å². The van der Waals surface area contributed by atoms with Crippen LogP contribution in [0.3, 0.4) is 0 Å². The second-order valence-corrected chi connectivity index (χ2v) is 33.2. The summed E-state index contributed by atoms with van der Waals surface area (Å²) in [5, 5.41) is 2.39. The molecule has 1 atom stereocenters. The van der Waals surface area contributed by atoms with Gasteiger partial charge in [-0.2, -0.15) is 0 Å². The van der Waals surface area contributed by atoms with E-state index in [2.05, 4.69) is 514 Å². The Labute approximate surface area is 727 Å². The molecule has 21 rings (SSSR count). The van der Waals surface area contributed by atoms with Gasteiger partial charge in [-0.15, -0.1) is 0 Å². The smallest absolute Gasteiger partial charge is 0.0540 e. The van der Waals surface area contributed by atoms with Crippen LogP contribution in [0.1, 0.15) is 55.4 Å². The Bertz CT molecular complexity index is 7000. The van der Waals surface area contributed by atoms with Gasteiger partial charge in [0.15, 0.2) is 0 Å². The van der Waals surface area contributed by atoms with Crippen molar-refractivity contribution in [1.82, 2.24) is 0 Å². The SMILES string of the molecule is CC1CC=Cc2cccc(N(c3ccc(-c4ccccc4)cc3)c3ccc4c(c3)C(C)(C)c3cc(N(c5ccc(-c6cccc(-c7cccc(-c8ccc(N(c9ccc(-c%10ccccc%10)cc9)c9ccc(-c%10ccc(N(c%11ccc(-c%12ccccc%12)cc%11)c%11ccc(-c%12ccccc%12)cc%11)cc%10)cc9)cc8)c7)c6)cc5)c5cccc6ccccc56)ccc3-4)c21. The van der Waals surface area contributed by atoms with Gasteiger partial charge >= 0.3 is 0 Å². The Kier molecular flexibility index (Phi) is 20.1. The molecule has 4 nitrogen and oxygen atoms in total. The van der Waals surface area contributed by atoms with Gasteiger partial charge < -0.3 is 19.6 Å².